The van der Waals surface area contributed by atoms with Crippen molar-refractivity contribution in [3.63, 3.8) is 0 Å². The van der Waals surface area contributed by atoms with Crippen LogP contribution in [-0.4, -0.2) is 25.3 Å². The van der Waals surface area contributed by atoms with Gasteiger partial charge in [0.2, 0.25) is 5.91 Å². The van der Waals surface area contributed by atoms with Crippen molar-refractivity contribution in [2.45, 2.75) is 13.1 Å². The number of benzene rings is 1. The summed E-state index contributed by atoms with van der Waals surface area (Å²) in [6, 6.07) is 12.2. The summed E-state index contributed by atoms with van der Waals surface area (Å²) >= 11 is 5.83. The highest BCUT2D eigenvalue weighted by atomic mass is 35.5. The first-order chi connectivity index (χ1) is 13.1. The van der Waals surface area contributed by atoms with E-state index in [1.165, 1.54) is 17.1 Å². The molecule has 0 aliphatic carbocycles. The molecule has 0 aliphatic heterocycles. The van der Waals surface area contributed by atoms with Gasteiger partial charge in [0.05, 0.1) is 6.26 Å². The topological polar surface area (TPSA) is 94.4 Å². The van der Waals surface area contributed by atoms with Gasteiger partial charge in [0.1, 0.15) is 24.1 Å². The Hall–Kier alpha value is -3.39. The number of hydrogen-bond donors (Lipinski definition) is 1. The zero-order valence-corrected chi connectivity index (χ0v) is 14.8. The van der Waals surface area contributed by atoms with Crippen LogP contribution in [-0.2, 0) is 17.9 Å². The fraction of sp³-hybridized carbons (Fsp3) is 0.111. The highest BCUT2D eigenvalue weighted by Crippen LogP contribution is 2.18. The summed E-state index contributed by atoms with van der Waals surface area (Å²) in [6.07, 6.45) is 2.91. The van der Waals surface area contributed by atoms with Gasteiger partial charge in [-0.2, -0.15) is 10.2 Å². The third-order valence-electron chi connectivity index (χ3n) is 3.96. The largest absolute Gasteiger partial charge is 0.463 e. The molecule has 4 rings (SSSR count). The van der Waals surface area contributed by atoms with E-state index in [2.05, 4.69) is 15.5 Å². The van der Waals surface area contributed by atoms with Crippen LogP contribution in [0.4, 0.5) is 0 Å². The number of rotatable bonds is 5. The van der Waals surface area contributed by atoms with Crippen molar-refractivity contribution in [3.8, 4) is 11.5 Å². The Morgan fingerprint density at radius 2 is 2.04 bits per heavy atom. The average molecular weight is 384 g/mol. The van der Waals surface area contributed by atoms with Gasteiger partial charge < -0.3 is 9.73 Å². The minimum absolute atomic E-state index is 0.190. The fourth-order valence-electron chi connectivity index (χ4n) is 2.59. The van der Waals surface area contributed by atoms with Gasteiger partial charge >= 0.3 is 0 Å². The molecule has 0 fully saturated rings. The van der Waals surface area contributed by atoms with E-state index in [0.29, 0.717) is 28.5 Å². The second-order valence-electron chi connectivity index (χ2n) is 5.83. The lowest BCUT2D eigenvalue weighted by molar-refractivity contribution is -0.122. The van der Waals surface area contributed by atoms with Crippen LogP contribution in [0.2, 0.25) is 5.02 Å². The van der Waals surface area contributed by atoms with E-state index in [4.69, 9.17) is 16.0 Å². The molecule has 1 aromatic carbocycles. The van der Waals surface area contributed by atoms with E-state index in [1.807, 2.05) is 12.1 Å². The van der Waals surface area contributed by atoms with Crippen molar-refractivity contribution in [1.82, 2.24) is 24.7 Å². The van der Waals surface area contributed by atoms with Gasteiger partial charge in [-0.1, -0.05) is 23.7 Å². The predicted octanol–water partition coefficient (Wildman–Crippen LogP) is 2.12. The maximum absolute atomic E-state index is 12.6. The van der Waals surface area contributed by atoms with Gasteiger partial charge in [0.15, 0.2) is 5.76 Å². The maximum Gasteiger partial charge on any atom is 0.293 e. The smallest absolute Gasteiger partial charge is 0.293 e. The summed E-state index contributed by atoms with van der Waals surface area (Å²) in [7, 11) is 0. The first-order valence-electron chi connectivity index (χ1n) is 8.11. The molecule has 8 nitrogen and oxygen atoms in total. The molecule has 0 spiro atoms. The highest BCUT2D eigenvalue weighted by Gasteiger charge is 2.13. The zero-order chi connectivity index (χ0) is 18.8. The number of aromatic nitrogens is 4. The summed E-state index contributed by atoms with van der Waals surface area (Å²) in [5.74, 6) is 0.222. The zero-order valence-electron chi connectivity index (χ0n) is 14.0. The average Bonchev–Trinajstić information content (AvgIpc) is 3.33. The molecule has 4 aromatic rings. The number of nitrogens with zero attached hydrogens (tertiary/aromatic N) is 4. The molecule has 3 heterocycles. The quantitative estimate of drug-likeness (QED) is 0.569. The van der Waals surface area contributed by atoms with Gasteiger partial charge in [-0.3, -0.25) is 9.59 Å². The van der Waals surface area contributed by atoms with Crippen molar-refractivity contribution < 1.29 is 9.21 Å². The van der Waals surface area contributed by atoms with Crippen LogP contribution >= 0.6 is 11.6 Å². The summed E-state index contributed by atoms with van der Waals surface area (Å²) in [4.78, 5) is 24.7. The predicted molar refractivity (Wildman–Crippen MR) is 98.2 cm³/mol. The number of carbonyl (C=O) groups excluding carboxylic acids is 1. The molecule has 1 N–H and O–H groups in total. The molecule has 136 valence electrons. The molecule has 0 bridgehead atoms. The third-order valence-corrected chi connectivity index (χ3v) is 4.21. The van der Waals surface area contributed by atoms with Crippen molar-refractivity contribution in [3.05, 3.63) is 76.0 Å². The minimum Gasteiger partial charge on any atom is -0.463 e. The molecular weight excluding hydrogens is 370 g/mol. The monoisotopic (exact) mass is 383 g/mol. The molecule has 0 aliphatic rings. The molecule has 0 radical (unpaired) electrons. The molecule has 0 saturated heterocycles. The van der Waals surface area contributed by atoms with Crippen molar-refractivity contribution in [1.29, 1.82) is 0 Å². The Kier molecular flexibility index (Phi) is 4.47. The van der Waals surface area contributed by atoms with Crippen molar-refractivity contribution in [2.24, 2.45) is 0 Å². The van der Waals surface area contributed by atoms with Crippen LogP contribution in [0.1, 0.15) is 5.56 Å². The lowest BCUT2D eigenvalue weighted by Crippen LogP contribution is -2.34. The molecule has 27 heavy (non-hydrogen) atoms. The number of halogens is 1. The standard InChI is InChI=1S/C18H14ClN5O3/c19-13-5-3-12(4-6-13)9-20-17(25)10-23-18(26)15-8-14(16-2-1-7-27-16)22-24(15)11-21-23/h1-8,11H,9-10H2,(H,20,25). The van der Waals surface area contributed by atoms with Crippen LogP contribution < -0.4 is 10.9 Å². The minimum atomic E-state index is -0.413. The van der Waals surface area contributed by atoms with Gasteiger partial charge in [-0.15, -0.1) is 0 Å². The number of fused-ring (bicyclic) bond motifs is 1. The van der Waals surface area contributed by atoms with Crippen LogP contribution in [0.25, 0.3) is 17.0 Å². The van der Waals surface area contributed by atoms with Crippen LogP contribution in [0.5, 0.6) is 0 Å². The second-order valence-corrected chi connectivity index (χ2v) is 6.27. The summed E-state index contributed by atoms with van der Waals surface area (Å²) in [6.45, 7) is 0.145. The van der Waals surface area contributed by atoms with E-state index in [1.54, 1.807) is 30.3 Å². The molecule has 0 saturated carbocycles. The van der Waals surface area contributed by atoms with E-state index < -0.39 is 5.56 Å². The van der Waals surface area contributed by atoms with Gasteiger partial charge in [-0.25, -0.2) is 9.20 Å². The molecular formula is C18H14ClN5O3. The molecule has 0 unspecified atom stereocenters. The Bertz CT molecular complexity index is 1150. The number of amides is 1. The second kappa shape index (κ2) is 7.08. The Labute approximate surface area is 158 Å². The molecule has 1 amide bonds. The number of carbonyl (C=O) groups is 1. The van der Waals surface area contributed by atoms with Crippen LogP contribution in [0.3, 0.4) is 0 Å². The highest BCUT2D eigenvalue weighted by molar-refractivity contribution is 6.30. The van der Waals surface area contributed by atoms with Crippen molar-refractivity contribution >= 4 is 23.0 Å². The molecule has 3 aromatic heterocycles. The number of hydrogen-bond acceptors (Lipinski definition) is 5. The Morgan fingerprint density at radius 1 is 1.22 bits per heavy atom. The summed E-state index contributed by atoms with van der Waals surface area (Å²) in [5, 5.41) is 11.6. The first-order valence-corrected chi connectivity index (χ1v) is 8.48. The summed E-state index contributed by atoms with van der Waals surface area (Å²) in [5.41, 5.74) is 1.32. The third kappa shape index (κ3) is 3.61. The first kappa shape index (κ1) is 17.0. The normalized spacial score (nSPS) is 11.0. The maximum atomic E-state index is 12.6. The summed E-state index contributed by atoms with van der Waals surface area (Å²) < 4.78 is 7.75. The fourth-order valence-corrected chi connectivity index (χ4v) is 2.72. The Balaban J connectivity index is 1.50. The van der Waals surface area contributed by atoms with E-state index >= 15 is 0 Å². The van der Waals surface area contributed by atoms with Gasteiger partial charge in [0, 0.05) is 17.6 Å². The number of furan rings is 1. The molecule has 9 heteroatoms. The van der Waals surface area contributed by atoms with Crippen LogP contribution in [0.15, 0.2) is 64.3 Å². The van der Waals surface area contributed by atoms with Gasteiger partial charge in [0.25, 0.3) is 5.56 Å². The van der Waals surface area contributed by atoms with Crippen molar-refractivity contribution in [2.75, 3.05) is 0 Å². The van der Waals surface area contributed by atoms with E-state index in [9.17, 15) is 9.59 Å². The Morgan fingerprint density at radius 3 is 2.78 bits per heavy atom. The van der Waals surface area contributed by atoms with Gasteiger partial charge in [-0.05, 0) is 29.8 Å². The van der Waals surface area contributed by atoms with E-state index in [-0.39, 0.29) is 12.5 Å². The number of nitrogens with one attached hydrogen (secondary N) is 1. The lowest BCUT2D eigenvalue weighted by atomic mass is 10.2. The van der Waals surface area contributed by atoms with Crippen LogP contribution in [0, 0.1) is 0 Å². The lowest BCUT2D eigenvalue weighted by Gasteiger charge is -2.07. The molecule has 0 atom stereocenters. The SMILES string of the molecule is O=C(Cn1ncn2nc(-c3ccco3)cc2c1=O)NCc1ccc(Cl)cc1. The van der Waals surface area contributed by atoms with E-state index in [0.717, 1.165) is 10.2 Å².